The van der Waals surface area contributed by atoms with E-state index in [1.165, 1.54) is 6.20 Å². The molecular formula is C16H19ClF3N3O2S. The van der Waals surface area contributed by atoms with E-state index in [0.717, 1.165) is 6.07 Å². The second kappa shape index (κ2) is 7.20. The highest BCUT2D eigenvalue weighted by atomic mass is 35.5. The lowest BCUT2D eigenvalue weighted by molar-refractivity contribution is -0.0217. The number of hydrogen-bond acceptors (Lipinski definition) is 4. The minimum Gasteiger partial charge on any atom is -0.598 e. The molecular weight excluding hydrogens is 391 g/mol. The van der Waals surface area contributed by atoms with Crippen molar-refractivity contribution in [3.05, 3.63) is 28.8 Å². The Balaban J connectivity index is 2.10. The first-order chi connectivity index (χ1) is 12.1. The van der Waals surface area contributed by atoms with Gasteiger partial charge in [-0.15, -0.1) is 4.72 Å². The fourth-order valence-electron chi connectivity index (χ4n) is 2.60. The second-order valence-corrected chi connectivity index (χ2v) is 9.48. The van der Waals surface area contributed by atoms with E-state index in [-0.39, 0.29) is 22.1 Å². The van der Waals surface area contributed by atoms with Crippen molar-refractivity contribution in [1.29, 1.82) is 0 Å². The van der Waals surface area contributed by atoms with Crippen LogP contribution in [0, 0.1) is 5.82 Å². The van der Waals surface area contributed by atoms with Gasteiger partial charge in [-0.25, -0.2) is 18.2 Å². The van der Waals surface area contributed by atoms with Gasteiger partial charge in [-0.05, 0) is 26.8 Å². The van der Waals surface area contributed by atoms with Crippen LogP contribution >= 0.6 is 11.6 Å². The van der Waals surface area contributed by atoms with E-state index in [1.54, 1.807) is 25.3 Å². The predicted octanol–water partition coefficient (Wildman–Crippen LogP) is 3.76. The number of hydrogen-bond donors (Lipinski definition) is 1. The Morgan fingerprint density at radius 3 is 2.58 bits per heavy atom. The van der Waals surface area contributed by atoms with E-state index in [0.29, 0.717) is 18.9 Å². The van der Waals surface area contributed by atoms with Crippen molar-refractivity contribution in [2.24, 2.45) is 0 Å². The van der Waals surface area contributed by atoms with Crippen LogP contribution in [0.5, 0.6) is 0 Å². The van der Waals surface area contributed by atoms with Gasteiger partial charge in [0.05, 0.1) is 19.3 Å². The molecule has 0 bridgehead atoms. The molecule has 0 aliphatic carbocycles. The van der Waals surface area contributed by atoms with Crippen LogP contribution in [0.1, 0.15) is 38.4 Å². The van der Waals surface area contributed by atoms with Crippen LogP contribution < -0.4 is 4.72 Å². The van der Waals surface area contributed by atoms with Gasteiger partial charge in [-0.2, -0.15) is 0 Å². The molecule has 3 heterocycles. The van der Waals surface area contributed by atoms with Crippen molar-refractivity contribution < 1.29 is 22.5 Å². The molecule has 0 amide bonds. The van der Waals surface area contributed by atoms with Crippen molar-refractivity contribution >= 4 is 34.0 Å². The highest BCUT2D eigenvalue weighted by Gasteiger charge is 2.37. The number of nitrogens with zero attached hydrogens (tertiary/aromatic N) is 2. The minimum atomic E-state index is -2.85. The smallest absolute Gasteiger partial charge is 0.262 e. The van der Waals surface area contributed by atoms with Gasteiger partial charge in [0, 0.05) is 28.5 Å². The first kappa shape index (κ1) is 19.8. The van der Waals surface area contributed by atoms with Crippen LogP contribution in [-0.4, -0.2) is 38.5 Å². The highest BCUT2D eigenvalue weighted by Crippen LogP contribution is 2.35. The standard InChI is InChI=1S/C16H19ClF3N3O2S/c1-16(2,3)26(24)22-12(14(19)20)10-5-23(8-6-25-7-8)15-9(10)4-11(18)13(17)21-15/h4-5,8,12,14,22H,6-7H2,1-3H3/t12-,26?/m0/s1. The molecule has 1 N–H and O–H groups in total. The summed E-state index contributed by atoms with van der Waals surface area (Å²) < 4.78 is 62.4. The zero-order chi connectivity index (χ0) is 19.2. The monoisotopic (exact) mass is 409 g/mol. The zero-order valence-electron chi connectivity index (χ0n) is 14.4. The zero-order valence-corrected chi connectivity index (χ0v) is 16.0. The molecule has 0 radical (unpaired) electrons. The van der Waals surface area contributed by atoms with E-state index in [2.05, 4.69) is 9.71 Å². The van der Waals surface area contributed by atoms with Crippen molar-refractivity contribution in [3.63, 3.8) is 0 Å². The molecule has 144 valence electrons. The fourth-order valence-corrected chi connectivity index (χ4v) is 3.55. The third kappa shape index (κ3) is 3.68. The maximum atomic E-state index is 14.0. The summed E-state index contributed by atoms with van der Waals surface area (Å²) in [5.74, 6) is -0.798. The molecule has 1 saturated heterocycles. The highest BCUT2D eigenvalue weighted by molar-refractivity contribution is 7.90. The number of ether oxygens (including phenoxy) is 1. The number of pyridine rings is 1. The first-order valence-corrected chi connectivity index (χ1v) is 9.52. The van der Waals surface area contributed by atoms with Crippen molar-refractivity contribution in [1.82, 2.24) is 14.3 Å². The Hall–Kier alpha value is -1.00. The average Bonchev–Trinajstić information content (AvgIpc) is 2.80. The van der Waals surface area contributed by atoms with E-state index >= 15 is 0 Å². The van der Waals surface area contributed by atoms with Gasteiger partial charge in [0.1, 0.15) is 16.4 Å². The molecule has 5 nitrogen and oxygen atoms in total. The summed E-state index contributed by atoms with van der Waals surface area (Å²) in [4.78, 5) is 4.02. The van der Waals surface area contributed by atoms with E-state index in [1.807, 2.05) is 0 Å². The molecule has 0 spiro atoms. The number of fused-ring (bicyclic) bond motifs is 1. The molecule has 0 saturated carbocycles. The Morgan fingerprint density at radius 2 is 2.08 bits per heavy atom. The third-order valence-electron chi connectivity index (χ3n) is 4.14. The molecule has 2 aromatic rings. The number of halogens is 4. The first-order valence-electron chi connectivity index (χ1n) is 8.00. The van der Waals surface area contributed by atoms with E-state index in [9.17, 15) is 17.7 Å². The average molecular weight is 410 g/mol. The van der Waals surface area contributed by atoms with Gasteiger partial charge in [0.25, 0.3) is 6.43 Å². The minimum absolute atomic E-state index is 0.0910. The van der Waals surface area contributed by atoms with Crippen LogP contribution in [0.25, 0.3) is 11.0 Å². The van der Waals surface area contributed by atoms with Gasteiger partial charge < -0.3 is 13.9 Å². The molecule has 1 aliphatic rings. The normalized spacial score (nSPS) is 18.3. The lowest BCUT2D eigenvalue weighted by Gasteiger charge is -2.28. The topological polar surface area (TPSA) is 62.1 Å². The lowest BCUT2D eigenvalue weighted by atomic mass is 10.1. The summed E-state index contributed by atoms with van der Waals surface area (Å²) in [6, 6.07) is -0.540. The Kier molecular flexibility index (Phi) is 5.47. The van der Waals surface area contributed by atoms with Gasteiger partial charge in [0.15, 0.2) is 11.0 Å². The number of aromatic nitrogens is 2. The Bertz CT molecular complexity index is 808. The fraction of sp³-hybridized carbons (Fsp3) is 0.562. The Morgan fingerprint density at radius 1 is 1.42 bits per heavy atom. The van der Waals surface area contributed by atoms with Crippen molar-refractivity contribution in [3.8, 4) is 0 Å². The molecule has 3 rings (SSSR count). The van der Waals surface area contributed by atoms with E-state index in [4.69, 9.17) is 16.3 Å². The number of alkyl halides is 2. The summed E-state index contributed by atoms with van der Waals surface area (Å²) in [5, 5.41) is -0.119. The molecule has 0 aromatic carbocycles. The molecule has 1 fully saturated rings. The molecule has 10 heteroatoms. The SMILES string of the molecule is CC(C)(C)[S+]([O-])N[C@@H](c1cn(C2COC2)c2nc(Cl)c(F)cc12)C(F)F. The quantitative estimate of drug-likeness (QED) is 0.603. The van der Waals surface area contributed by atoms with Gasteiger partial charge in [-0.3, -0.25) is 0 Å². The summed E-state index contributed by atoms with van der Waals surface area (Å²) in [7, 11) is 0. The number of nitrogens with one attached hydrogen (secondary N) is 1. The largest absolute Gasteiger partial charge is 0.598 e. The maximum absolute atomic E-state index is 14.0. The molecule has 2 aromatic heterocycles. The van der Waals surface area contributed by atoms with Crippen molar-refractivity contribution in [2.45, 2.75) is 44.0 Å². The predicted molar refractivity (Wildman–Crippen MR) is 94.3 cm³/mol. The van der Waals surface area contributed by atoms with Crippen LogP contribution in [0.3, 0.4) is 0 Å². The van der Waals surface area contributed by atoms with Crippen LogP contribution in [0.15, 0.2) is 12.3 Å². The van der Waals surface area contributed by atoms with E-state index < -0.39 is 34.4 Å². The molecule has 26 heavy (non-hydrogen) atoms. The number of rotatable bonds is 5. The van der Waals surface area contributed by atoms with Gasteiger partial charge >= 0.3 is 0 Å². The van der Waals surface area contributed by atoms with Crippen LogP contribution in [-0.2, 0) is 16.1 Å². The second-order valence-electron chi connectivity index (χ2n) is 7.13. The Labute approximate surface area is 157 Å². The van der Waals surface area contributed by atoms with Gasteiger partial charge in [0.2, 0.25) is 0 Å². The van der Waals surface area contributed by atoms with Crippen LogP contribution in [0.2, 0.25) is 5.15 Å². The summed E-state index contributed by atoms with van der Waals surface area (Å²) in [6.07, 6.45) is -1.36. The van der Waals surface area contributed by atoms with Crippen LogP contribution in [0.4, 0.5) is 13.2 Å². The molecule has 1 aliphatic heterocycles. The third-order valence-corrected chi connectivity index (χ3v) is 5.98. The summed E-state index contributed by atoms with van der Waals surface area (Å²) in [6.45, 7) is 5.83. The van der Waals surface area contributed by atoms with Crippen molar-refractivity contribution in [2.75, 3.05) is 13.2 Å². The molecule has 2 atom stereocenters. The lowest BCUT2D eigenvalue weighted by Crippen LogP contribution is -2.43. The maximum Gasteiger partial charge on any atom is 0.262 e. The molecule has 1 unspecified atom stereocenters. The van der Waals surface area contributed by atoms with Gasteiger partial charge in [-0.1, -0.05) is 11.6 Å². The summed E-state index contributed by atoms with van der Waals surface area (Å²) >= 11 is 4.04. The summed E-state index contributed by atoms with van der Waals surface area (Å²) in [5.41, 5.74) is 0.427.